The number of carbonyl (C=O) groups is 2. The molecule has 10 heteroatoms. The standard InChI is InChI=1S/C27H29N7O3/c1-17(2)37-27(36)33-16-20-14-22(9-11-24(20)31-33)34(21-7-8-21)26(35)18-6-10-23(19(13-18)15-30-32-28)25-5-3-4-12-29-25/h3-6,10,12-13,16-17,21-22H,7-9,11,14-15H2,1-2H3. The van der Waals surface area contributed by atoms with Crippen molar-refractivity contribution in [2.45, 2.75) is 70.7 Å². The van der Waals surface area contributed by atoms with Gasteiger partial charge in [-0.05, 0) is 86.9 Å². The second-order valence-electron chi connectivity index (χ2n) is 9.79. The van der Waals surface area contributed by atoms with E-state index < -0.39 is 6.09 Å². The van der Waals surface area contributed by atoms with Gasteiger partial charge in [-0.2, -0.15) is 9.78 Å². The van der Waals surface area contributed by atoms with Gasteiger partial charge in [0.05, 0.1) is 24.0 Å². The van der Waals surface area contributed by atoms with Gasteiger partial charge >= 0.3 is 6.09 Å². The second kappa shape index (κ2) is 10.4. The molecule has 0 N–H and O–H groups in total. The monoisotopic (exact) mass is 499 g/mol. The summed E-state index contributed by atoms with van der Waals surface area (Å²) in [4.78, 5) is 35.5. The van der Waals surface area contributed by atoms with Crippen LogP contribution in [0.2, 0.25) is 0 Å². The van der Waals surface area contributed by atoms with Gasteiger partial charge in [-0.3, -0.25) is 9.78 Å². The van der Waals surface area contributed by atoms with E-state index in [1.54, 1.807) is 26.2 Å². The molecule has 2 heterocycles. The summed E-state index contributed by atoms with van der Waals surface area (Å²) in [6.07, 6.45) is 6.81. The summed E-state index contributed by atoms with van der Waals surface area (Å²) in [7, 11) is 0. The molecule has 37 heavy (non-hydrogen) atoms. The molecule has 1 amide bonds. The van der Waals surface area contributed by atoms with Crippen molar-refractivity contribution in [1.29, 1.82) is 0 Å². The third kappa shape index (κ3) is 5.34. The van der Waals surface area contributed by atoms with E-state index in [2.05, 4.69) is 20.1 Å². The van der Waals surface area contributed by atoms with Gasteiger partial charge in [-0.25, -0.2) is 4.79 Å². The minimum absolute atomic E-state index is 0.0160. The number of carbonyl (C=O) groups excluding carboxylic acids is 2. The number of aryl methyl sites for hydroxylation is 1. The third-order valence-electron chi connectivity index (χ3n) is 6.74. The van der Waals surface area contributed by atoms with Gasteiger partial charge in [0.2, 0.25) is 0 Å². The summed E-state index contributed by atoms with van der Waals surface area (Å²) in [5, 5.41) is 8.18. The van der Waals surface area contributed by atoms with E-state index in [0.29, 0.717) is 18.4 Å². The van der Waals surface area contributed by atoms with Crippen molar-refractivity contribution < 1.29 is 14.3 Å². The lowest BCUT2D eigenvalue weighted by Crippen LogP contribution is -2.44. The average Bonchev–Trinajstić information content (AvgIpc) is 3.64. The predicted molar refractivity (Wildman–Crippen MR) is 137 cm³/mol. The molecule has 0 radical (unpaired) electrons. The SMILES string of the molecule is CC(C)OC(=O)n1cc2c(n1)CCC(N(C(=O)c1ccc(-c3ccccn3)c(CN=[N+]=[N-])c1)C1CC1)C2. The number of azide groups is 1. The van der Waals surface area contributed by atoms with Crippen LogP contribution < -0.4 is 0 Å². The molecule has 2 aliphatic carbocycles. The lowest BCUT2D eigenvalue weighted by Gasteiger charge is -2.34. The van der Waals surface area contributed by atoms with E-state index >= 15 is 0 Å². The number of benzene rings is 1. The Hall–Kier alpha value is -4.17. The van der Waals surface area contributed by atoms with Gasteiger partial charge < -0.3 is 9.64 Å². The predicted octanol–water partition coefficient (Wildman–Crippen LogP) is 5.31. The van der Waals surface area contributed by atoms with Gasteiger partial charge in [-0.15, -0.1) is 0 Å². The zero-order valence-electron chi connectivity index (χ0n) is 20.9. The number of fused-ring (bicyclic) bond motifs is 1. The molecule has 1 fully saturated rings. The molecule has 2 aliphatic rings. The molecule has 2 aromatic heterocycles. The molecule has 3 aromatic rings. The number of nitrogens with zero attached hydrogens (tertiary/aromatic N) is 7. The van der Waals surface area contributed by atoms with Crippen LogP contribution in [0.15, 0.2) is 53.9 Å². The number of rotatable bonds is 7. The van der Waals surface area contributed by atoms with E-state index in [1.807, 2.05) is 41.3 Å². The van der Waals surface area contributed by atoms with Crippen molar-refractivity contribution in [3.8, 4) is 11.3 Å². The van der Waals surface area contributed by atoms with E-state index in [4.69, 9.17) is 10.3 Å². The summed E-state index contributed by atoms with van der Waals surface area (Å²) in [5.74, 6) is -0.0303. The number of hydrogen-bond donors (Lipinski definition) is 0. The quantitative estimate of drug-likeness (QED) is 0.247. The number of aromatic nitrogens is 3. The van der Waals surface area contributed by atoms with Crippen molar-refractivity contribution in [1.82, 2.24) is 19.7 Å². The van der Waals surface area contributed by atoms with Gasteiger partial charge in [0.15, 0.2) is 0 Å². The van der Waals surface area contributed by atoms with Crippen LogP contribution in [0.1, 0.15) is 60.3 Å². The lowest BCUT2D eigenvalue weighted by atomic mass is 9.91. The fraction of sp³-hybridized carbons (Fsp3) is 0.407. The Kier molecular flexibility index (Phi) is 6.92. The smallest absolute Gasteiger partial charge is 0.434 e. The average molecular weight is 500 g/mol. The minimum Gasteiger partial charge on any atom is -0.445 e. The maximum atomic E-state index is 13.9. The maximum Gasteiger partial charge on any atom is 0.434 e. The van der Waals surface area contributed by atoms with Gasteiger partial charge in [0.25, 0.3) is 5.91 Å². The molecular weight excluding hydrogens is 470 g/mol. The highest BCUT2D eigenvalue weighted by Gasteiger charge is 2.39. The highest BCUT2D eigenvalue weighted by atomic mass is 16.6. The van der Waals surface area contributed by atoms with Crippen molar-refractivity contribution >= 4 is 12.0 Å². The first-order valence-corrected chi connectivity index (χ1v) is 12.6. The van der Waals surface area contributed by atoms with Crippen LogP contribution in [0, 0.1) is 0 Å². The fourth-order valence-electron chi connectivity index (χ4n) is 4.94. The zero-order valence-corrected chi connectivity index (χ0v) is 20.9. The Morgan fingerprint density at radius 1 is 1.22 bits per heavy atom. The van der Waals surface area contributed by atoms with Crippen molar-refractivity contribution in [2.24, 2.45) is 5.11 Å². The number of pyridine rings is 1. The molecule has 0 spiro atoms. The van der Waals surface area contributed by atoms with Gasteiger partial charge in [0, 0.05) is 40.5 Å². The normalized spacial score (nSPS) is 16.6. The Morgan fingerprint density at radius 3 is 2.76 bits per heavy atom. The molecule has 0 aliphatic heterocycles. The Balaban J connectivity index is 1.40. The van der Waals surface area contributed by atoms with Crippen LogP contribution in [-0.2, 0) is 24.1 Å². The van der Waals surface area contributed by atoms with Gasteiger partial charge in [-0.1, -0.05) is 17.2 Å². The van der Waals surface area contributed by atoms with Crippen molar-refractivity contribution in [3.63, 3.8) is 0 Å². The van der Waals surface area contributed by atoms with Crippen LogP contribution in [0.5, 0.6) is 0 Å². The van der Waals surface area contributed by atoms with Crippen LogP contribution in [0.25, 0.3) is 21.7 Å². The van der Waals surface area contributed by atoms with Crippen molar-refractivity contribution in [2.75, 3.05) is 0 Å². The Bertz CT molecular complexity index is 1360. The van der Waals surface area contributed by atoms with Crippen LogP contribution in [0.4, 0.5) is 4.79 Å². The highest BCUT2D eigenvalue weighted by Crippen LogP contribution is 2.35. The summed E-state index contributed by atoms with van der Waals surface area (Å²) >= 11 is 0. The molecule has 1 unspecified atom stereocenters. The molecule has 10 nitrogen and oxygen atoms in total. The largest absolute Gasteiger partial charge is 0.445 e. The molecule has 1 aromatic carbocycles. The van der Waals surface area contributed by atoms with Gasteiger partial charge in [0.1, 0.15) is 0 Å². The minimum atomic E-state index is -0.489. The van der Waals surface area contributed by atoms with E-state index in [-0.39, 0.29) is 30.6 Å². The van der Waals surface area contributed by atoms with E-state index in [9.17, 15) is 9.59 Å². The molecule has 1 atom stereocenters. The topological polar surface area (TPSA) is 126 Å². The summed E-state index contributed by atoms with van der Waals surface area (Å²) in [5.41, 5.74) is 13.7. The Labute approximate surface area is 214 Å². The first-order valence-electron chi connectivity index (χ1n) is 12.6. The summed E-state index contributed by atoms with van der Waals surface area (Å²) < 4.78 is 6.55. The first-order chi connectivity index (χ1) is 17.9. The molecule has 5 rings (SSSR count). The zero-order chi connectivity index (χ0) is 25.9. The highest BCUT2D eigenvalue weighted by molar-refractivity contribution is 5.95. The lowest BCUT2D eigenvalue weighted by molar-refractivity contribution is 0.0642. The van der Waals surface area contributed by atoms with Crippen LogP contribution >= 0.6 is 0 Å². The number of ether oxygens (including phenoxy) is 1. The molecule has 0 saturated heterocycles. The van der Waals surface area contributed by atoms with Crippen LogP contribution in [0.3, 0.4) is 0 Å². The first kappa shape index (κ1) is 24.5. The second-order valence-corrected chi connectivity index (χ2v) is 9.79. The molecule has 1 saturated carbocycles. The van der Waals surface area contributed by atoms with Crippen molar-refractivity contribution in [3.05, 3.63) is 81.6 Å². The third-order valence-corrected chi connectivity index (χ3v) is 6.74. The summed E-state index contributed by atoms with van der Waals surface area (Å²) in [6, 6.07) is 11.4. The summed E-state index contributed by atoms with van der Waals surface area (Å²) in [6.45, 7) is 3.74. The number of hydrogen-bond acceptors (Lipinski definition) is 6. The number of amides is 1. The fourth-order valence-corrected chi connectivity index (χ4v) is 4.94. The molecular formula is C27H29N7O3. The molecule has 0 bridgehead atoms. The Morgan fingerprint density at radius 2 is 2.05 bits per heavy atom. The van der Waals surface area contributed by atoms with E-state index in [0.717, 1.165) is 47.3 Å². The molecule has 190 valence electrons. The maximum absolute atomic E-state index is 13.9. The van der Waals surface area contributed by atoms with E-state index in [1.165, 1.54) is 4.68 Å². The van der Waals surface area contributed by atoms with Crippen LogP contribution in [-0.4, -0.2) is 49.9 Å².